The highest BCUT2D eigenvalue weighted by Crippen LogP contribution is 2.45. The van der Waals surface area contributed by atoms with E-state index in [1.165, 1.54) is 38.5 Å². The van der Waals surface area contributed by atoms with Gasteiger partial charge in [0.05, 0.1) is 26.4 Å². The van der Waals surface area contributed by atoms with Crippen molar-refractivity contribution in [2.45, 2.75) is 322 Å². The number of aliphatic hydroxyl groups is 2. The number of carbonyl (C=O) groups excluding carboxylic acids is 3. The minimum atomic E-state index is -4.95. The first kappa shape index (κ1) is 102. The zero-order valence-electron chi connectivity index (χ0n) is 66.5. The van der Waals surface area contributed by atoms with Gasteiger partial charge in [0.25, 0.3) is 0 Å². The zero-order valence-corrected chi connectivity index (χ0v) is 68.3. The van der Waals surface area contributed by atoms with E-state index in [1.54, 1.807) is 0 Å². The van der Waals surface area contributed by atoms with Crippen LogP contribution in [0.15, 0.2) is 182 Å². The summed E-state index contributed by atoms with van der Waals surface area (Å²) in [7, 11) is -9.82. The number of phosphoric ester groups is 2. The Bertz CT molecular complexity index is 2670. The Hall–Kier alpha value is -5.35. The van der Waals surface area contributed by atoms with E-state index in [4.69, 9.17) is 32.3 Å². The summed E-state index contributed by atoms with van der Waals surface area (Å²) < 4.78 is 61.3. The third-order valence-electron chi connectivity index (χ3n) is 16.6. The molecule has 608 valence electrons. The van der Waals surface area contributed by atoms with E-state index in [0.717, 1.165) is 205 Å². The van der Waals surface area contributed by atoms with Crippen molar-refractivity contribution in [1.29, 1.82) is 0 Å². The van der Waals surface area contributed by atoms with Crippen LogP contribution in [0.1, 0.15) is 303 Å². The second-order valence-corrected chi connectivity index (χ2v) is 29.7. The van der Waals surface area contributed by atoms with Crippen LogP contribution < -0.4 is 0 Å². The van der Waals surface area contributed by atoms with Crippen molar-refractivity contribution >= 4 is 33.6 Å². The van der Waals surface area contributed by atoms with Gasteiger partial charge in [0.2, 0.25) is 0 Å². The molecule has 0 aliphatic rings. The Morgan fingerprint density at radius 3 is 0.785 bits per heavy atom. The number of aliphatic hydroxyl groups excluding tert-OH is 2. The fourth-order valence-electron chi connectivity index (χ4n) is 10.4. The van der Waals surface area contributed by atoms with Crippen LogP contribution in [0, 0.1) is 0 Å². The third kappa shape index (κ3) is 81.5. The van der Waals surface area contributed by atoms with Crippen molar-refractivity contribution in [3.63, 3.8) is 0 Å². The third-order valence-corrected chi connectivity index (χ3v) is 18.5. The van der Waals surface area contributed by atoms with Gasteiger partial charge in [-0.3, -0.25) is 32.5 Å². The lowest BCUT2D eigenvalue weighted by molar-refractivity contribution is -0.161. The van der Waals surface area contributed by atoms with Gasteiger partial charge in [0.15, 0.2) is 6.10 Å². The molecular weight excluding hydrogens is 1390 g/mol. The minimum absolute atomic E-state index is 0.0741. The molecule has 0 amide bonds. The van der Waals surface area contributed by atoms with Gasteiger partial charge in [-0.1, -0.05) is 306 Å². The maximum Gasteiger partial charge on any atom is 0.472 e. The summed E-state index contributed by atoms with van der Waals surface area (Å²) in [5.74, 6) is -1.62. The van der Waals surface area contributed by atoms with Crippen LogP contribution in [0.4, 0.5) is 0 Å². The quantitative estimate of drug-likeness (QED) is 0.0146. The van der Waals surface area contributed by atoms with Crippen molar-refractivity contribution in [2.75, 3.05) is 39.6 Å². The van der Waals surface area contributed by atoms with Gasteiger partial charge in [-0.05, 0) is 161 Å². The Kier molecular flexibility index (Phi) is 76.2. The number of phosphoric acid groups is 2. The van der Waals surface area contributed by atoms with Crippen molar-refractivity contribution in [3.8, 4) is 0 Å². The summed E-state index contributed by atoms with van der Waals surface area (Å²) in [5, 5.41) is 20.7. The molecule has 0 radical (unpaired) electrons. The number of carbonyl (C=O) groups is 3. The predicted molar refractivity (Wildman–Crippen MR) is 445 cm³/mol. The number of hydrogen-bond donors (Lipinski definition) is 4. The topological polar surface area (TPSA) is 231 Å². The van der Waals surface area contributed by atoms with E-state index in [2.05, 4.69) is 203 Å². The number of ether oxygens (including phenoxy) is 3. The van der Waals surface area contributed by atoms with E-state index in [9.17, 15) is 43.5 Å². The first-order chi connectivity index (χ1) is 52.2. The average molecular weight is 1530 g/mol. The van der Waals surface area contributed by atoms with Crippen LogP contribution >= 0.6 is 15.6 Å². The maximum absolute atomic E-state index is 13.0. The van der Waals surface area contributed by atoms with E-state index in [-0.39, 0.29) is 19.3 Å². The average Bonchev–Trinajstić information content (AvgIpc) is 0.903. The lowest BCUT2D eigenvalue weighted by Crippen LogP contribution is -2.30. The SMILES string of the molecule is CC/C=C\C/C=C\C/C=C\C/C=C\C/C=C\C/C=C\CCCCCCCCCCC(=O)OCC(O)COP(=O)(O)OCC(O)COP(=O)(O)OCC(COC(=O)CCCCCCCCC/C=C\C/C=C\C/C=C\C/C=C\C/C=C\CC)OC(=O)CCCCCCC/C=C\C/C=C\C/C=C\C/C=C\CCCCC. The fraction of sp³-hybridized carbons (Fsp3) is 0.629. The molecular formula is C89H146O16P2. The van der Waals surface area contributed by atoms with Crippen LogP contribution in [0.5, 0.6) is 0 Å². The molecule has 0 aromatic carbocycles. The summed E-state index contributed by atoms with van der Waals surface area (Å²) in [6.45, 7) is 2.38. The van der Waals surface area contributed by atoms with Crippen LogP contribution in [-0.4, -0.2) is 95.9 Å². The molecule has 5 atom stereocenters. The highest BCUT2D eigenvalue weighted by molar-refractivity contribution is 7.47. The molecule has 18 heteroatoms. The van der Waals surface area contributed by atoms with Gasteiger partial charge in [-0.25, -0.2) is 9.13 Å². The lowest BCUT2D eigenvalue weighted by Gasteiger charge is -2.21. The standard InChI is InChI=1S/C89H146O16P2/c1-4-7-10-13-16-19-22-25-28-31-34-37-39-40-41-42-44-47-48-51-54-57-60-63-66-69-72-75-87(92)99-78-84(90)79-101-106(95,96)102-80-85(91)81-103-107(97,98)104-83-86(105-89(94)77-74-71-68-65-62-59-56-53-50-45-36-33-30-27-24-21-18-15-12-9-6-3)82-100-88(93)76-73-70-67-64-61-58-55-52-49-46-43-38-35-32-29-26-23-20-17-14-11-8-5-2/h7-8,10-11,16-21,25-30,34-38,40-41,44-47,49,53,56,84-86,90-91H,4-6,9,12-15,22-24,31-33,39,42-43,48,50-52,54-55,57-83H2,1-3H3,(H,95,96)(H,97,98)/b10-7-,11-8-,19-16-,20-17-,21-18-,28-25-,29-26-,30-27-,37-34-,38-35-,41-40-,45-36-,47-44-,49-46-,56-53-. The Morgan fingerprint density at radius 2 is 0.495 bits per heavy atom. The van der Waals surface area contributed by atoms with E-state index in [0.29, 0.717) is 19.3 Å². The molecule has 0 rings (SSSR count). The zero-order chi connectivity index (χ0) is 78.0. The Balaban J connectivity index is 4.71. The van der Waals surface area contributed by atoms with Crippen molar-refractivity contribution in [1.82, 2.24) is 0 Å². The highest BCUT2D eigenvalue weighted by atomic mass is 31.2. The minimum Gasteiger partial charge on any atom is -0.463 e. The van der Waals surface area contributed by atoms with Gasteiger partial charge in [0, 0.05) is 19.3 Å². The molecule has 0 bridgehead atoms. The summed E-state index contributed by atoms with van der Waals surface area (Å²) in [5.41, 5.74) is 0. The van der Waals surface area contributed by atoms with Crippen LogP contribution in [0.3, 0.4) is 0 Å². The highest BCUT2D eigenvalue weighted by Gasteiger charge is 2.29. The molecule has 0 heterocycles. The fourth-order valence-corrected chi connectivity index (χ4v) is 12.0. The number of rotatable bonds is 76. The first-order valence-corrected chi connectivity index (χ1v) is 44.1. The normalized spacial score (nSPS) is 14.9. The van der Waals surface area contributed by atoms with Crippen LogP contribution in [0.25, 0.3) is 0 Å². The van der Waals surface area contributed by atoms with E-state index < -0.39 is 91.5 Å². The molecule has 0 aliphatic carbocycles. The smallest absolute Gasteiger partial charge is 0.463 e. The molecule has 0 aliphatic heterocycles. The Labute approximate surface area is 649 Å². The second kappa shape index (κ2) is 80.2. The van der Waals surface area contributed by atoms with Crippen molar-refractivity contribution in [2.24, 2.45) is 0 Å². The largest absolute Gasteiger partial charge is 0.472 e. The van der Waals surface area contributed by atoms with Gasteiger partial charge in [0.1, 0.15) is 25.4 Å². The summed E-state index contributed by atoms with van der Waals surface area (Å²) in [6, 6.07) is 0. The second-order valence-electron chi connectivity index (χ2n) is 26.8. The maximum atomic E-state index is 13.0. The van der Waals surface area contributed by atoms with Crippen molar-refractivity contribution < 1.29 is 75.8 Å². The molecule has 16 nitrogen and oxygen atoms in total. The number of hydrogen-bond acceptors (Lipinski definition) is 14. The summed E-state index contributed by atoms with van der Waals surface area (Å²) >= 11 is 0. The Morgan fingerprint density at radius 1 is 0.271 bits per heavy atom. The van der Waals surface area contributed by atoms with Gasteiger partial charge in [-0.15, -0.1) is 0 Å². The van der Waals surface area contributed by atoms with E-state index in [1.807, 2.05) is 0 Å². The van der Waals surface area contributed by atoms with Gasteiger partial charge < -0.3 is 34.2 Å². The number of esters is 3. The summed E-state index contributed by atoms with van der Waals surface area (Å²) in [6.07, 6.45) is 103. The van der Waals surface area contributed by atoms with Gasteiger partial charge in [-0.2, -0.15) is 0 Å². The summed E-state index contributed by atoms with van der Waals surface area (Å²) in [4.78, 5) is 58.8. The predicted octanol–water partition coefficient (Wildman–Crippen LogP) is 24.5. The first-order valence-electron chi connectivity index (χ1n) is 41.1. The molecule has 4 N–H and O–H groups in total. The van der Waals surface area contributed by atoms with E-state index >= 15 is 0 Å². The molecule has 0 aromatic rings. The molecule has 107 heavy (non-hydrogen) atoms. The molecule has 0 saturated carbocycles. The monoisotopic (exact) mass is 1530 g/mol. The molecule has 0 spiro atoms. The van der Waals surface area contributed by atoms with Crippen LogP contribution in [0.2, 0.25) is 0 Å². The number of allylic oxidation sites excluding steroid dienone is 30. The number of unbranched alkanes of at least 4 members (excludes halogenated alkanes) is 23. The molecule has 0 aromatic heterocycles. The molecule has 0 saturated heterocycles. The van der Waals surface area contributed by atoms with Crippen molar-refractivity contribution in [3.05, 3.63) is 182 Å². The molecule has 5 unspecified atom stereocenters. The van der Waals surface area contributed by atoms with Gasteiger partial charge >= 0.3 is 33.6 Å². The van der Waals surface area contributed by atoms with Crippen LogP contribution in [-0.2, 0) is 55.8 Å². The lowest BCUT2D eigenvalue weighted by atomic mass is 10.1. The molecule has 0 fully saturated rings.